The summed E-state index contributed by atoms with van der Waals surface area (Å²) >= 11 is 0. The van der Waals surface area contributed by atoms with Crippen LogP contribution in [0.1, 0.15) is 27.9 Å². The quantitative estimate of drug-likeness (QED) is 0.549. The van der Waals surface area contributed by atoms with E-state index in [1.54, 1.807) is 6.07 Å². The average Bonchev–Trinajstić information content (AvgIpc) is 3.41. The van der Waals surface area contributed by atoms with Crippen LogP contribution in [0.5, 0.6) is 0 Å². The van der Waals surface area contributed by atoms with Crippen LogP contribution in [0, 0.1) is 17.1 Å². The van der Waals surface area contributed by atoms with Crippen molar-refractivity contribution in [3.05, 3.63) is 63.4 Å². The number of hydrogen-bond acceptors (Lipinski definition) is 6. The van der Waals surface area contributed by atoms with Gasteiger partial charge in [0, 0.05) is 37.4 Å². The third-order valence-corrected chi connectivity index (χ3v) is 7.13. The van der Waals surface area contributed by atoms with Crippen LogP contribution in [0.3, 0.4) is 0 Å². The first-order chi connectivity index (χ1) is 19.5. The molecule has 3 heterocycles. The zero-order valence-electron chi connectivity index (χ0n) is 21.3. The lowest BCUT2D eigenvalue weighted by molar-refractivity contribution is -0.137. The van der Waals surface area contributed by atoms with Crippen LogP contribution < -0.4 is 20.8 Å². The van der Waals surface area contributed by atoms with Crippen molar-refractivity contribution in [2.24, 2.45) is 4.99 Å². The van der Waals surface area contributed by atoms with E-state index in [4.69, 9.17) is 4.74 Å². The van der Waals surface area contributed by atoms with Gasteiger partial charge in [-0.2, -0.15) is 18.4 Å². The fourth-order valence-corrected chi connectivity index (χ4v) is 5.21. The first-order valence-electron chi connectivity index (χ1n) is 12.6. The molecule has 14 heteroatoms. The van der Waals surface area contributed by atoms with Crippen LogP contribution in [0.2, 0.25) is 0 Å². The van der Waals surface area contributed by atoms with E-state index < -0.39 is 64.1 Å². The van der Waals surface area contributed by atoms with Gasteiger partial charge in [-0.1, -0.05) is 12.1 Å². The first kappa shape index (κ1) is 28.2. The molecule has 3 aliphatic rings. The molecule has 1 N–H and O–H groups in total. The average molecular weight is 575 g/mol. The van der Waals surface area contributed by atoms with E-state index in [0.29, 0.717) is 6.07 Å². The number of morpholine rings is 1. The molecule has 2 fully saturated rings. The second kappa shape index (κ2) is 10.9. The van der Waals surface area contributed by atoms with Crippen molar-refractivity contribution in [1.29, 1.82) is 5.26 Å². The van der Waals surface area contributed by atoms with Gasteiger partial charge < -0.3 is 19.9 Å². The van der Waals surface area contributed by atoms with E-state index in [0.717, 1.165) is 12.1 Å². The van der Waals surface area contributed by atoms with Crippen molar-refractivity contribution in [3.8, 4) is 6.07 Å². The standard InChI is InChI=1S/C27H22F5N5O4/c28-19-3-1-2-16-20(21(29)25(39)35-22(16)19)24(38)34-15-4-5-37(13-15)23-17(26(40)36-6-8-41-9-7-36)10-14(12-33)11-18(23)27(30,31)32/h1-3,10-11,15,21H,4-9,13H2,(H,34,38)/t15-,21?/m1/s1. The third kappa shape index (κ3) is 5.37. The number of hydrogen-bond donors (Lipinski definition) is 1. The first-order valence-corrected chi connectivity index (χ1v) is 12.6. The molecule has 0 bridgehead atoms. The molecule has 0 radical (unpaired) electrons. The van der Waals surface area contributed by atoms with Gasteiger partial charge in [-0.25, -0.2) is 13.8 Å². The smallest absolute Gasteiger partial charge is 0.378 e. The van der Waals surface area contributed by atoms with Gasteiger partial charge in [-0.05, 0) is 24.6 Å². The highest BCUT2D eigenvalue weighted by Gasteiger charge is 2.41. The number of alkyl halides is 4. The van der Waals surface area contributed by atoms with E-state index in [1.807, 2.05) is 0 Å². The van der Waals surface area contributed by atoms with Gasteiger partial charge in [0.05, 0.1) is 47.2 Å². The number of halogens is 5. The summed E-state index contributed by atoms with van der Waals surface area (Å²) in [4.78, 5) is 44.5. The number of nitriles is 1. The number of carbonyl (C=O) groups excluding carboxylic acids is 3. The molecule has 3 aliphatic heterocycles. The highest BCUT2D eigenvalue weighted by atomic mass is 19.4. The van der Waals surface area contributed by atoms with Crippen molar-refractivity contribution in [2.75, 3.05) is 44.3 Å². The Kier molecular flexibility index (Phi) is 7.48. The molecule has 0 aliphatic carbocycles. The Labute approximate surface area is 229 Å². The number of amides is 3. The maximum absolute atomic E-state index is 14.8. The number of fused-ring (bicyclic) bond motifs is 1. The summed E-state index contributed by atoms with van der Waals surface area (Å²) in [6, 6.07) is 6.12. The summed E-state index contributed by atoms with van der Waals surface area (Å²) in [5, 5.41) is 11.2. The minimum absolute atomic E-state index is 0.0167. The van der Waals surface area contributed by atoms with Crippen LogP contribution in [0.4, 0.5) is 27.6 Å². The van der Waals surface area contributed by atoms with Crippen LogP contribution in [-0.4, -0.2) is 74.2 Å². The molecule has 9 nitrogen and oxygen atoms in total. The van der Waals surface area contributed by atoms with E-state index in [1.165, 1.54) is 21.9 Å². The molecular weight excluding hydrogens is 553 g/mol. The summed E-state index contributed by atoms with van der Waals surface area (Å²) in [6.07, 6.45) is -7.25. The van der Waals surface area contributed by atoms with Crippen molar-refractivity contribution in [3.63, 3.8) is 0 Å². The molecule has 2 aromatic carbocycles. The van der Waals surface area contributed by atoms with E-state index in [9.17, 15) is 41.6 Å². The molecule has 41 heavy (non-hydrogen) atoms. The zero-order chi connectivity index (χ0) is 29.5. The largest absolute Gasteiger partial charge is 0.418 e. The minimum Gasteiger partial charge on any atom is -0.378 e. The van der Waals surface area contributed by atoms with Crippen LogP contribution >= 0.6 is 0 Å². The third-order valence-electron chi connectivity index (χ3n) is 7.13. The van der Waals surface area contributed by atoms with Crippen molar-refractivity contribution < 1.29 is 41.1 Å². The number of nitrogens with zero attached hydrogens (tertiary/aromatic N) is 4. The number of para-hydroxylation sites is 1. The molecule has 0 aromatic heterocycles. The summed E-state index contributed by atoms with van der Waals surface area (Å²) < 4.78 is 77.0. The van der Waals surface area contributed by atoms with Crippen LogP contribution in [-0.2, 0) is 20.5 Å². The monoisotopic (exact) mass is 575 g/mol. The highest BCUT2D eigenvalue weighted by Crippen LogP contribution is 2.41. The van der Waals surface area contributed by atoms with E-state index in [-0.39, 0.29) is 62.2 Å². The van der Waals surface area contributed by atoms with Gasteiger partial charge in [0.25, 0.3) is 17.7 Å². The number of rotatable bonds is 4. The fraction of sp³-hybridized carbons (Fsp3) is 0.370. The zero-order valence-corrected chi connectivity index (χ0v) is 21.3. The number of carbonyl (C=O) groups is 3. The second-order valence-electron chi connectivity index (χ2n) is 9.70. The lowest BCUT2D eigenvalue weighted by atomic mass is 10.00. The summed E-state index contributed by atoms with van der Waals surface area (Å²) in [5.41, 5.74) is -2.91. The molecule has 5 rings (SSSR count). The topological polar surface area (TPSA) is 115 Å². The second-order valence-corrected chi connectivity index (χ2v) is 9.70. The number of nitrogens with one attached hydrogen (secondary N) is 1. The fourth-order valence-electron chi connectivity index (χ4n) is 5.21. The Bertz CT molecular complexity index is 1600. The Balaban J connectivity index is 1.48. The Morgan fingerprint density at radius 3 is 2.56 bits per heavy atom. The number of anilines is 1. The molecular formula is C27H22F5N5O4. The maximum atomic E-state index is 14.8. The van der Waals surface area contributed by atoms with Crippen LogP contribution in [0.25, 0.3) is 5.57 Å². The molecule has 2 aromatic rings. The molecule has 3 amide bonds. The predicted octanol–water partition coefficient (Wildman–Crippen LogP) is 1.23. The predicted molar refractivity (Wildman–Crippen MR) is 132 cm³/mol. The molecule has 0 spiro atoms. The van der Waals surface area contributed by atoms with Crippen molar-refractivity contribution >= 4 is 29.0 Å². The van der Waals surface area contributed by atoms with E-state index >= 15 is 0 Å². The van der Waals surface area contributed by atoms with E-state index in [2.05, 4.69) is 10.3 Å². The van der Waals surface area contributed by atoms with Gasteiger partial charge in [0.1, 0.15) is 11.2 Å². The van der Waals surface area contributed by atoms with Gasteiger partial charge in [0.15, 0.2) is 0 Å². The lowest BCUT2D eigenvalue weighted by Gasteiger charge is -2.31. The van der Waals surface area contributed by atoms with Crippen molar-refractivity contribution in [2.45, 2.75) is 24.8 Å². The normalized spacial score (nSPS) is 20.8. The summed E-state index contributed by atoms with van der Waals surface area (Å²) in [7, 11) is 0. The minimum atomic E-state index is -4.92. The van der Waals surface area contributed by atoms with Gasteiger partial charge >= 0.3 is 6.18 Å². The number of ether oxygens (including phenoxy) is 1. The van der Waals surface area contributed by atoms with Crippen molar-refractivity contribution in [1.82, 2.24) is 10.2 Å². The molecule has 1 unspecified atom stereocenters. The summed E-state index contributed by atoms with van der Waals surface area (Å²) in [5.74, 6) is -3.99. The highest BCUT2D eigenvalue weighted by molar-refractivity contribution is 6.20. The molecule has 2 saturated heterocycles. The Morgan fingerprint density at radius 2 is 1.88 bits per heavy atom. The Morgan fingerprint density at radius 1 is 1.15 bits per heavy atom. The van der Waals surface area contributed by atoms with Gasteiger partial charge in [-0.15, -0.1) is 0 Å². The molecule has 0 saturated carbocycles. The lowest BCUT2D eigenvalue weighted by Crippen LogP contribution is -2.47. The molecule has 214 valence electrons. The Hall–Kier alpha value is -4.38. The SMILES string of the molecule is N#Cc1cc(C(=O)N2CCOCC2)c(N2CC[C@@H](NC(=O)C3=c4cccc(F)c4=NC(=O)C3F)C2)c(C(F)(F)F)c1. The van der Waals surface area contributed by atoms with Gasteiger partial charge in [-0.3, -0.25) is 14.4 Å². The van der Waals surface area contributed by atoms with Crippen LogP contribution in [0.15, 0.2) is 35.3 Å². The molecule has 2 atom stereocenters. The van der Waals surface area contributed by atoms with Gasteiger partial charge in [0.2, 0.25) is 6.17 Å². The maximum Gasteiger partial charge on any atom is 0.418 e. The summed E-state index contributed by atoms with van der Waals surface area (Å²) in [6.45, 7) is 0.524. The number of benzene rings is 2.